The van der Waals surface area contributed by atoms with E-state index in [1.54, 1.807) is 19.9 Å². The molecule has 0 atom stereocenters. The summed E-state index contributed by atoms with van der Waals surface area (Å²) in [6.45, 7) is 3.58. The van der Waals surface area contributed by atoms with Gasteiger partial charge in [-0.05, 0) is 45.6 Å². The van der Waals surface area contributed by atoms with Crippen LogP contribution < -0.4 is 0 Å². The first kappa shape index (κ1) is 15.2. The Labute approximate surface area is 125 Å². The van der Waals surface area contributed by atoms with Crippen LogP contribution in [0, 0.1) is 25.6 Å². The molecule has 3 nitrogen and oxygen atoms in total. The molecule has 0 aromatic carbocycles. The third kappa shape index (κ3) is 2.57. The first-order valence-electron chi connectivity index (χ1n) is 7.36. The molecule has 2 heterocycles. The van der Waals surface area contributed by atoms with Crippen LogP contribution in [0.3, 0.4) is 0 Å². The normalized spacial score (nSPS) is 23.2. The average molecular weight is 315 g/mol. The van der Waals surface area contributed by atoms with Crippen LogP contribution in [0.2, 0.25) is 0 Å². The van der Waals surface area contributed by atoms with E-state index in [9.17, 15) is 17.6 Å². The molecule has 0 saturated heterocycles. The molecule has 7 heteroatoms. The second-order valence-electron chi connectivity index (χ2n) is 6.06. The molecule has 1 saturated carbocycles. The first-order valence-corrected chi connectivity index (χ1v) is 7.36. The molecule has 0 radical (unpaired) electrons. The van der Waals surface area contributed by atoms with Crippen molar-refractivity contribution < 1.29 is 17.6 Å². The fourth-order valence-corrected chi connectivity index (χ4v) is 3.27. The Bertz CT molecular complexity index is 697. The number of hydrogen-bond acceptors (Lipinski definition) is 2. The molecule has 1 fully saturated rings. The topological polar surface area (TPSA) is 30.2 Å². The Morgan fingerprint density at radius 2 is 1.77 bits per heavy atom. The van der Waals surface area contributed by atoms with Crippen LogP contribution in [0.5, 0.6) is 0 Å². The van der Waals surface area contributed by atoms with Crippen molar-refractivity contribution in [1.29, 1.82) is 0 Å². The van der Waals surface area contributed by atoms with Gasteiger partial charge in [0.15, 0.2) is 11.5 Å². The second-order valence-corrected chi connectivity index (χ2v) is 6.06. The van der Waals surface area contributed by atoms with E-state index in [-0.39, 0.29) is 30.1 Å². The number of alkyl halides is 3. The van der Waals surface area contributed by atoms with Gasteiger partial charge in [-0.25, -0.2) is 13.9 Å². The molecule has 0 spiro atoms. The van der Waals surface area contributed by atoms with Crippen molar-refractivity contribution in [2.24, 2.45) is 5.92 Å². The molecule has 1 aliphatic rings. The van der Waals surface area contributed by atoms with Gasteiger partial charge in [0.25, 0.3) is 0 Å². The maximum absolute atomic E-state index is 14.5. The van der Waals surface area contributed by atoms with Crippen LogP contribution in [0.4, 0.5) is 17.6 Å². The summed E-state index contributed by atoms with van der Waals surface area (Å²) in [4.78, 5) is 4.15. The average Bonchev–Trinajstić information content (AvgIpc) is 2.76. The van der Waals surface area contributed by atoms with E-state index in [2.05, 4.69) is 10.1 Å². The summed E-state index contributed by atoms with van der Waals surface area (Å²) in [6, 6.07) is 1.80. The lowest BCUT2D eigenvalue weighted by atomic mass is 9.80. The lowest BCUT2D eigenvalue weighted by Gasteiger charge is -2.28. The smallest absolute Gasteiger partial charge is 0.231 e. The predicted octanol–water partition coefficient (Wildman–Crippen LogP) is 4.32. The Kier molecular flexibility index (Phi) is 3.61. The fraction of sp³-hybridized carbons (Fsp3) is 0.600. The second kappa shape index (κ2) is 5.21. The lowest BCUT2D eigenvalue weighted by Crippen LogP contribution is -2.27. The Hall–Kier alpha value is -1.66. The number of nitrogens with zero attached hydrogens (tertiary/aromatic N) is 3. The lowest BCUT2D eigenvalue weighted by molar-refractivity contribution is -0.182. The van der Waals surface area contributed by atoms with Crippen LogP contribution in [0.25, 0.3) is 5.65 Å². The van der Waals surface area contributed by atoms with Gasteiger partial charge in [0.1, 0.15) is 5.69 Å². The zero-order valence-electron chi connectivity index (χ0n) is 12.4. The fourth-order valence-electron chi connectivity index (χ4n) is 3.27. The quantitative estimate of drug-likeness (QED) is 0.734. The van der Waals surface area contributed by atoms with Gasteiger partial charge in [-0.15, -0.1) is 0 Å². The van der Waals surface area contributed by atoms with E-state index in [0.29, 0.717) is 18.5 Å². The largest absolute Gasteiger partial charge is 0.391 e. The number of aromatic nitrogens is 3. The van der Waals surface area contributed by atoms with E-state index in [1.165, 1.54) is 4.52 Å². The third-order valence-corrected chi connectivity index (χ3v) is 4.44. The molecule has 0 aliphatic heterocycles. The van der Waals surface area contributed by atoms with Crippen molar-refractivity contribution in [3.63, 3.8) is 0 Å². The monoisotopic (exact) mass is 315 g/mol. The van der Waals surface area contributed by atoms with Gasteiger partial charge in [0.2, 0.25) is 0 Å². The van der Waals surface area contributed by atoms with E-state index in [1.807, 2.05) is 0 Å². The summed E-state index contributed by atoms with van der Waals surface area (Å²) in [5.41, 5.74) is 1.86. The zero-order chi connectivity index (χ0) is 16.1. The molecule has 1 aliphatic carbocycles. The van der Waals surface area contributed by atoms with Crippen LogP contribution in [-0.2, 0) is 0 Å². The maximum atomic E-state index is 14.5. The zero-order valence-corrected chi connectivity index (χ0v) is 12.4. The molecule has 0 amide bonds. The third-order valence-electron chi connectivity index (χ3n) is 4.44. The van der Waals surface area contributed by atoms with Crippen molar-refractivity contribution in [3.05, 3.63) is 29.0 Å². The van der Waals surface area contributed by atoms with Crippen molar-refractivity contribution in [2.45, 2.75) is 51.6 Å². The van der Waals surface area contributed by atoms with Crippen molar-refractivity contribution in [1.82, 2.24) is 14.6 Å². The SMILES string of the molecule is Cc1cc(C)n2nc(C3CCC(C(F)(F)F)CC3)c(F)c2n1. The van der Waals surface area contributed by atoms with Gasteiger partial charge in [-0.1, -0.05) is 0 Å². The molecule has 2 aromatic heterocycles. The van der Waals surface area contributed by atoms with E-state index < -0.39 is 17.9 Å². The number of fused-ring (bicyclic) bond motifs is 1. The Morgan fingerprint density at radius 1 is 1.14 bits per heavy atom. The van der Waals surface area contributed by atoms with Gasteiger partial charge in [-0.3, -0.25) is 0 Å². The van der Waals surface area contributed by atoms with Crippen LogP contribution in [0.15, 0.2) is 6.07 Å². The van der Waals surface area contributed by atoms with Gasteiger partial charge < -0.3 is 0 Å². The van der Waals surface area contributed by atoms with Gasteiger partial charge in [0.05, 0.1) is 5.92 Å². The molecular formula is C15H17F4N3. The highest BCUT2D eigenvalue weighted by Crippen LogP contribution is 2.43. The number of rotatable bonds is 1. The van der Waals surface area contributed by atoms with E-state index in [0.717, 1.165) is 5.69 Å². The number of hydrogen-bond donors (Lipinski definition) is 0. The van der Waals surface area contributed by atoms with Crippen molar-refractivity contribution >= 4 is 5.65 Å². The number of aryl methyl sites for hydroxylation is 2. The molecular weight excluding hydrogens is 298 g/mol. The Balaban J connectivity index is 1.89. The van der Waals surface area contributed by atoms with Gasteiger partial charge in [-0.2, -0.15) is 18.3 Å². The summed E-state index contributed by atoms with van der Waals surface area (Å²) >= 11 is 0. The van der Waals surface area contributed by atoms with Crippen molar-refractivity contribution in [3.8, 4) is 0 Å². The standard InChI is InChI=1S/C15H17F4N3/c1-8-7-9(2)22-14(20-8)12(16)13(21-22)10-3-5-11(6-4-10)15(17,18)19/h7,10-11H,3-6H2,1-2H3. The highest BCUT2D eigenvalue weighted by atomic mass is 19.4. The summed E-state index contributed by atoms with van der Waals surface area (Å²) in [7, 11) is 0. The summed E-state index contributed by atoms with van der Waals surface area (Å²) in [6.07, 6.45) is -3.47. The minimum absolute atomic E-state index is 0.0346. The van der Waals surface area contributed by atoms with E-state index >= 15 is 0 Å². The summed E-state index contributed by atoms with van der Waals surface area (Å²) < 4.78 is 54.1. The van der Waals surface area contributed by atoms with Crippen LogP contribution in [-0.4, -0.2) is 20.8 Å². The molecule has 0 unspecified atom stereocenters. The highest BCUT2D eigenvalue weighted by Gasteiger charge is 2.42. The predicted molar refractivity (Wildman–Crippen MR) is 73.2 cm³/mol. The first-order chi connectivity index (χ1) is 10.3. The van der Waals surface area contributed by atoms with Crippen LogP contribution in [0.1, 0.15) is 48.7 Å². The number of halogens is 4. The maximum Gasteiger partial charge on any atom is 0.391 e. The van der Waals surface area contributed by atoms with Gasteiger partial charge in [0, 0.05) is 17.3 Å². The molecule has 3 rings (SSSR count). The van der Waals surface area contributed by atoms with Crippen LogP contribution >= 0.6 is 0 Å². The molecule has 22 heavy (non-hydrogen) atoms. The van der Waals surface area contributed by atoms with Gasteiger partial charge >= 0.3 is 6.18 Å². The summed E-state index contributed by atoms with van der Waals surface area (Å²) in [5.74, 6) is -2.03. The molecule has 0 N–H and O–H groups in total. The molecule has 120 valence electrons. The minimum Gasteiger partial charge on any atom is -0.231 e. The highest BCUT2D eigenvalue weighted by molar-refractivity contribution is 5.44. The summed E-state index contributed by atoms with van der Waals surface area (Å²) in [5, 5.41) is 4.26. The van der Waals surface area contributed by atoms with E-state index in [4.69, 9.17) is 0 Å². The van der Waals surface area contributed by atoms with Crippen molar-refractivity contribution in [2.75, 3.05) is 0 Å². The Morgan fingerprint density at radius 3 is 2.36 bits per heavy atom. The minimum atomic E-state index is -4.16. The molecule has 2 aromatic rings. The molecule has 0 bridgehead atoms.